The second-order valence-corrected chi connectivity index (χ2v) is 3.79. The van der Waals surface area contributed by atoms with Crippen molar-refractivity contribution in [3.8, 4) is 0 Å². The Hall–Kier alpha value is -1.26. The highest BCUT2D eigenvalue weighted by atomic mass is 16.4. The summed E-state index contributed by atoms with van der Waals surface area (Å²) in [6, 6.07) is 0.0596. The van der Waals surface area contributed by atoms with Crippen molar-refractivity contribution in [2.24, 2.45) is 0 Å². The highest BCUT2D eigenvalue weighted by molar-refractivity contribution is 5.74. The fraction of sp³-hybridized carbons (Fsp3) is 0.800. The van der Waals surface area contributed by atoms with Crippen LogP contribution in [0.3, 0.4) is 0 Å². The summed E-state index contributed by atoms with van der Waals surface area (Å²) in [6.45, 7) is 4.40. The second-order valence-electron chi connectivity index (χ2n) is 3.79. The first-order chi connectivity index (χ1) is 6.95. The number of amides is 2. The molecule has 0 saturated carbocycles. The zero-order valence-electron chi connectivity index (χ0n) is 9.62. The fourth-order valence-corrected chi connectivity index (χ4v) is 0.956. The van der Waals surface area contributed by atoms with Gasteiger partial charge >= 0.3 is 12.0 Å². The van der Waals surface area contributed by atoms with Gasteiger partial charge in [-0.25, -0.2) is 4.79 Å². The summed E-state index contributed by atoms with van der Waals surface area (Å²) in [5.74, 6) is -0.791. The number of carbonyl (C=O) groups excluding carboxylic acids is 1. The predicted molar refractivity (Wildman–Crippen MR) is 57.8 cm³/mol. The molecule has 0 spiro atoms. The largest absolute Gasteiger partial charge is 0.481 e. The standard InChI is InChI=1S/C10H20N2O3/c1-8(2)12(3)10(15)11-7-5-4-6-9(13)14/h8H,4-7H2,1-3H3,(H,11,15)(H,13,14). The van der Waals surface area contributed by atoms with Crippen LogP contribution in [-0.4, -0.2) is 41.6 Å². The van der Waals surface area contributed by atoms with Gasteiger partial charge in [0.2, 0.25) is 0 Å². The van der Waals surface area contributed by atoms with Crippen LogP contribution in [0.4, 0.5) is 4.79 Å². The molecule has 0 aromatic heterocycles. The third kappa shape index (κ3) is 6.76. The number of carboxylic acid groups (broad SMARTS) is 1. The van der Waals surface area contributed by atoms with Crippen LogP contribution in [0.2, 0.25) is 0 Å². The Morgan fingerprint density at radius 3 is 2.40 bits per heavy atom. The Labute approximate surface area is 90.5 Å². The first-order valence-electron chi connectivity index (χ1n) is 5.17. The minimum absolute atomic E-state index is 0.111. The van der Waals surface area contributed by atoms with E-state index in [0.29, 0.717) is 19.4 Å². The van der Waals surface area contributed by atoms with Crippen molar-refractivity contribution in [1.82, 2.24) is 10.2 Å². The SMILES string of the molecule is CC(C)N(C)C(=O)NCCCCC(=O)O. The molecule has 0 bridgehead atoms. The van der Waals surface area contributed by atoms with Crippen LogP contribution in [-0.2, 0) is 4.79 Å². The van der Waals surface area contributed by atoms with Crippen molar-refractivity contribution in [3.05, 3.63) is 0 Å². The molecule has 5 nitrogen and oxygen atoms in total. The number of rotatable bonds is 6. The van der Waals surface area contributed by atoms with Gasteiger partial charge in [0.1, 0.15) is 0 Å². The highest BCUT2D eigenvalue weighted by Crippen LogP contribution is 1.96. The lowest BCUT2D eigenvalue weighted by Gasteiger charge is -2.21. The maximum absolute atomic E-state index is 11.4. The summed E-state index contributed by atoms with van der Waals surface area (Å²) < 4.78 is 0. The van der Waals surface area contributed by atoms with Crippen molar-refractivity contribution in [2.75, 3.05) is 13.6 Å². The van der Waals surface area contributed by atoms with Gasteiger partial charge in [0.05, 0.1) is 0 Å². The number of aliphatic carboxylic acids is 1. The Morgan fingerprint density at radius 1 is 1.33 bits per heavy atom. The van der Waals surface area contributed by atoms with E-state index in [1.165, 1.54) is 0 Å². The molecule has 0 aliphatic rings. The minimum atomic E-state index is -0.791. The van der Waals surface area contributed by atoms with Gasteiger partial charge in [0.15, 0.2) is 0 Å². The van der Waals surface area contributed by atoms with Crippen molar-refractivity contribution >= 4 is 12.0 Å². The van der Waals surface area contributed by atoms with E-state index in [1.807, 2.05) is 13.8 Å². The van der Waals surface area contributed by atoms with E-state index in [2.05, 4.69) is 5.32 Å². The van der Waals surface area contributed by atoms with Crippen molar-refractivity contribution in [1.29, 1.82) is 0 Å². The lowest BCUT2D eigenvalue weighted by atomic mass is 10.2. The molecule has 0 aliphatic carbocycles. The Balaban J connectivity index is 3.51. The van der Waals surface area contributed by atoms with E-state index in [-0.39, 0.29) is 18.5 Å². The molecule has 0 saturated heterocycles. The van der Waals surface area contributed by atoms with Crippen molar-refractivity contribution in [3.63, 3.8) is 0 Å². The second kappa shape index (κ2) is 7.09. The van der Waals surface area contributed by atoms with E-state index in [4.69, 9.17) is 5.11 Å². The molecule has 0 heterocycles. The molecule has 0 unspecified atom stereocenters. The molecule has 5 heteroatoms. The molecular weight excluding hydrogens is 196 g/mol. The van der Waals surface area contributed by atoms with Crippen LogP contribution >= 0.6 is 0 Å². The van der Waals surface area contributed by atoms with Gasteiger partial charge in [-0.3, -0.25) is 4.79 Å². The monoisotopic (exact) mass is 216 g/mol. The van der Waals surface area contributed by atoms with Gasteiger partial charge in [-0.2, -0.15) is 0 Å². The summed E-state index contributed by atoms with van der Waals surface area (Å²) in [6.07, 6.45) is 1.46. The third-order valence-electron chi connectivity index (χ3n) is 2.19. The Kier molecular flexibility index (Phi) is 6.49. The van der Waals surface area contributed by atoms with Crippen molar-refractivity contribution < 1.29 is 14.7 Å². The smallest absolute Gasteiger partial charge is 0.317 e. The van der Waals surface area contributed by atoms with Crippen LogP contribution < -0.4 is 5.32 Å². The number of nitrogens with one attached hydrogen (secondary N) is 1. The van der Waals surface area contributed by atoms with Gasteiger partial charge in [-0.1, -0.05) is 0 Å². The molecule has 2 N–H and O–H groups in total. The molecule has 0 fully saturated rings. The van der Waals surface area contributed by atoms with Gasteiger partial charge in [-0.05, 0) is 26.7 Å². The lowest BCUT2D eigenvalue weighted by Crippen LogP contribution is -2.41. The molecule has 0 radical (unpaired) electrons. The summed E-state index contributed by atoms with van der Waals surface area (Å²) in [7, 11) is 1.73. The van der Waals surface area contributed by atoms with Crippen LogP contribution in [0.5, 0.6) is 0 Å². The summed E-state index contributed by atoms with van der Waals surface area (Å²) in [5.41, 5.74) is 0. The van der Waals surface area contributed by atoms with Gasteiger partial charge in [0.25, 0.3) is 0 Å². The number of carbonyl (C=O) groups is 2. The van der Waals surface area contributed by atoms with Gasteiger partial charge in [0, 0.05) is 26.1 Å². The van der Waals surface area contributed by atoms with Crippen molar-refractivity contribution in [2.45, 2.75) is 39.2 Å². The zero-order chi connectivity index (χ0) is 11.8. The van der Waals surface area contributed by atoms with Crippen LogP contribution in [0.25, 0.3) is 0 Å². The number of hydrogen-bond acceptors (Lipinski definition) is 2. The van der Waals surface area contributed by atoms with E-state index < -0.39 is 5.97 Å². The molecule has 0 aromatic carbocycles. The van der Waals surface area contributed by atoms with E-state index in [1.54, 1.807) is 11.9 Å². The minimum Gasteiger partial charge on any atom is -0.481 e. The van der Waals surface area contributed by atoms with Crippen LogP contribution in [0.15, 0.2) is 0 Å². The summed E-state index contributed by atoms with van der Waals surface area (Å²) in [5, 5.41) is 11.1. The number of urea groups is 1. The van der Waals surface area contributed by atoms with E-state index in [9.17, 15) is 9.59 Å². The average molecular weight is 216 g/mol. The maximum atomic E-state index is 11.4. The molecule has 2 amide bonds. The Morgan fingerprint density at radius 2 is 1.93 bits per heavy atom. The lowest BCUT2D eigenvalue weighted by molar-refractivity contribution is -0.137. The zero-order valence-corrected chi connectivity index (χ0v) is 9.62. The van der Waals surface area contributed by atoms with Gasteiger partial charge in [-0.15, -0.1) is 0 Å². The molecule has 0 rings (SSSR count). The highest BCUT2D eigenvalue weighted by Gasteiger charge is 2.10. The van der Waals surface area contributed by atoms with E-state index >= 15 is 0 Å². The summed E-state index contributed by atoms with van der Waals surface area (Å²) >= 11 is 0. The molecule has 88 valence electrons. The first-order valence-corrected chi connectivity index (χ1v) is 5.17. The van der Waals surface area contributed by atoms with Crippen LogP contribution in [0, 0.1) is 0 Å². The fourth-order valence-electron chi connectivity index (χ4n) is 0.956. The maximum Gasteiger partial charge on any atom is 0.317 e. The molecule has 0 atom stereocenters. The first kappa shape index (κ1) is 13.7. The Bertz CT molecular complexity index is 217. The topological polar surface area (TPSA) is 69.6 Å². The third-order valence-corrected chi connectivity index (χ3v) is 2.19. The average Bonchev–Trinajstić information content (AvgIpc) is 2.15. The normalized spacial score (nSPS) is 10.1. The number of nitrogens with zero attached hydrogens (tertiary/aromatic N) is 1. The molecule has 0 aromatic rings. The predicted octanol–water partition coefficient (Wildman–Crippen LogP) is 1.29. The van der Waals surface area contributed by atoms with E-state index in [0.717, 1.165) is 0 Å². The number of unbranched alkanes of at least 4 members (excludes halogenated alkanes) is 1. The molecular formula is C10H20N2O3. The quantitative estimate of drug-likeness (QED) is 0.657. The van der Waals surface area contributed by atoms with Gasteiger partial charge < -0.3 is 15.3 Å². The number of carboxylic acids is 1. The molecule has 0 aliphatic heterocycles. The summed E-state index contributed by atoms with van der Waals surface area (Å²) in [4.78, 5) is 23.2. The number of hydrogen-bond donors (Lipinski definition) is 2. The van der Waals surface area contributed by atoms with Crippen LogP contribution in [0.1, 0.15) is 33.1 Å². The molecule has 15 heavy (non-hydrogen) atoms.